The van der Waals surface area contributed by atoms with Gasteiger partial charge in [0, 0.05) is 18.9 Å². The van der Waals surface area contributed by atoms with E-state index in [1.54, 1.807) is 30.6 Å². The molecule has 1 aromatic carbocycles. The molecule has 0 saturated heterocycles. The van der Waals surface area contributed by atoms with Crippen molar-refractivity contribution in [3.05, 3.63) is 53.9 Å². The molecule has 1 atom stereocenters. The average molecular weight is 311 g/mol. The van der Waals surface area contributed by atoms with Crippen molar-refractivity contribution < 1.29 is 14.3 Å². The minimum Gasteiger partial charge on any atom is -0.466 e. The van der Waals surface area contributed by atoms with Gasteiger partial charge in [-0.25, -0.2) is 0 Å². The van der Waals surface area contributed by atoms with Gasteiger partial charge in [-0.2, -0.15) is 0 Å². The monoisotopic (exact) mass is 311 g/mol. The molecule has 118 valence electrons. The number of aryl methyl sites for hydroxylation is 1. The molecule has 23 heavy (non-hydrogen) atoms. The molecule has 1 aliphatic rings. The summed E-state index contributed by atoms with van der Waals surface area (Å²) in [6.07, 6.45) is 3.31. The molecule has 1 aliphatic heterocycles. The number of ether oxygens (including phenoxy) is 1. The van der Waals surface area contributed by atoms with Gasteiger partial charge in [-0.3, -0.25) is 14.6 Å². The van der Waals surface area contributed by atoms with Crippen LogP contribution in [0.15, 0.2) is 42.7 Å². The Morgan fingerprint density at radius 3 is 2.96 bits per heavy atom. The van der Waals surface area contributed by atoms with Crippen LogP contribution in [0.25, 0.3) is 0 Å². The average Bonchev–Trinajstić information content (AvgIpc) is 2.55. The van der Waals surface area contributed by atoms with Crippen LogP contribution >= 0.6 is 0 Å². The number of nitrogens with zero attached hydrogens (tertiary/aromatic N) is 1. The number of rotatable bonds is 3. The summed E-state index contributed by atoms with van der Waals surface area (Å²) in [4.78, 5) is 28.8. The maximum Gasteiger partial charge on any atom is 0.278 e. The summed E-state index contributed by atoms with van der Waals surface area (Å²) in [5, 5.41) is 5.45. The van der Waals surface area contributed by atoms with Crippen LogP contribution < -0.4 is 15.4 Å². The number of hydrogen-bond donors (Lipinski definition) is 2. The van der Waals surface area contributed by atoms with Crippen LogP contribution in [-0.2, 0) is 16.1 Å². The van der Waals surface area contributed by atoms with Crippen LogP contribution in [0, 0.1) is 6.92 Å². The predicted octanol–water partition coefficient (Wildman–Crippen LogP) is 1.80. The summed E-state index contributed by atoms with van der Waals surface area (Å²) < 4.78 is 5.70. The number of nitrogens with one attached hydrogen (secondary N) is 2. The second-order valence-corrected chi connectivity index (χ2v) is 5.63. The van der Waals surface area contributed by atoms with Gasteiger partial charge < -0.3 is 15.4 Å². The normalized spacial score (nSPS) is 19.3. The van der Waals surface area contributed by atoms with Crippen molar-refractivity contribution in [3.8, 4) is 5.75 Å². The number of anilines is 1. The lowest BCUT2D eigenvalue weighted by Crippen LogP contribution is -2.58. The predicted molar refractivity (Wildman–Crippen MR) is 84.9 cm³/mol. The Labute approximate surface area is 133 Å². The summed E-state index contributed by atoms with van der Waals surface area (Å²) in [6.45, 7) is 3.66. The fourth-order valence-electron chi connectivity index (χ4n) is 2.34. The first kappa shape index (κ1) is 15.0. The summed E-state index contributed by atoms with van der Waals surface area (Å²) >= 11 is 0. The number of fused-ring (bicyclic) bond motifs is 1. The lowest BCUT2D eigenvalue weighted by Gasteiger charge is -2.33. The zero-order valence-electron chi connectivity index (χ0n) is 12.9. The molecule has 2 heterocycles. The Balaban J connectivity index is 1.77. The first-order valence-electron chi connectivity index (χ1n) is 7.27. The molecule has 6 nitrogen and oxygen atoms in total. The van der Waals surface area contributed by atoms with Crippen molar-refractivity contribution in [2.45, 2.75) is 26.0 Å². The molecule has 0 aliphatic carbocycles. The van der Waals surface area contributed by atoms with E-state index in [4.69, 9.17) is 4.74 Å². The van der Waals surface area contributed by atoms with E-state index in [-0.39, 0.29) is 6.54 Å². The number of amides is 2. The topological polar surface area (TPSA) is 80.3 Å². The molecule has 0 fully saturated rings. The molecule has 0 spiro atoms. The summed E-state index contributed by atoms with van der Waals surface area (Å²) in [5.41, 5.74) is 0.811. The highest BCUT2D eigenvalue weighted by Crippen LogP contribution is 2.34. The number of benzene rings is 1. The van der Waals surface area contributed by atoms with E-state index in [0.717, 1.165) is 11.1 Å². The highest BCUT2D eigenvalue weighted by Gasteiger charge is 2.47. The van der Waals surface area contributed by atoms with E-state index in [1.165, 1.54) is 6.92 Å². The van der Waals surface area contributed by atoms with Crippen molar-refractivity contribution in [2.24, 2.45) is 0 Å². The second-order valence-electron chi connectivity index (χ2n) is 5.63. The molecule has 0 radical (unpaired) electrons. The Morgan fingerprint density at radius 1 is 1.39 bits per heavy atom. The number of hydrogen-bond acceptors (Lipinski definition) is 4. The molecule has 2 amide bonds. The molecular weight excluding hydrogens is 294 g/mol. The van der Waals surface area contributed by atoms with Gasteiger partial charge >= 0.3 is 0 Å². The summed E-state index contributed by atoms with van der Waals surface area (Å²) in [5.74, 6) is -0.501. The summed E-state index contributed by atoms with van der Waals surface area (Å²) in [6, 6.07) is 9.04. The van der Waals surface area contributed by atoms with Gasteiger partial charge in [-0.1, -0.05) is 12.1 Å². The first-order chi connectivity index (χ1) is 11.0. The van der Waals surface area contributed by atoms with Gasteiger partial charge in [0.05, 0.1) is 5.69 Å². The van der Waals surface area contributed by atoms with Crippen molar-refractivity contribution in [1.29, 1.82) is 0 Å². The molecule has 3 rings (SSSR count). The Hall–Kier alpha value is -2.89. The van der Waals surface area contributed by atoms with Crippen LogP contribution in [0.1, 0.15) is 18.1 Å². The zero-order chi connectivity index (χ0) is 16.4. The largest absolute Gasteiger partial charge is 0.466 e. The van der Waals surface area contributed by atoms with Crippen molar-refractivity contribution in [2.75, 3.05) is 5.32 Å². The molecular formula is C17H17N3O3. The highest BCUT2D eigenvalue weighted by molar-refractivity contribution is 6.15. The maximum absolute atomic E-state index is 12.5. The zero-order valence-corrected chi connectivity index (χ0v) is 12.9. The van der Waals surface area contributed by atoms with Crippen molar-refractivity contribution in [3.63, 3.8) is 0 Å². The molecule has 6 heteroatoms. The number of aromatic nitrogens is 1. The van der Waals surface area contributed by atoms with E-state index in [2.05, 4.69) is 15.6 Å². The minimum atomic E-state index is -1.61. The number of carbonyl (C=O) groups excluding carboxylic acids is 2. The third-order valence-electron chi connectivity index (χ3n) is 3.74. The Kier molecular flexibility index (Phi) is 3.73. The molecule has 0 saturated carbocycles. The first-order valence-corrected chi connectivity index (χ1v) is 7.27. The van der Waals surface area contributed by atoms with Crippen LogP contribution in [0.3, 0.4) is 0 Å². The van der Waals surface area contributed by atoms with Crippen LogP contribution in [0.5, 0.6) is 5.75 Å². The van der Waals surface area contributed by atoms with Gasteiger partial charge in [-0.05, 0) is 43.2 Å². The van der Waals surface area contributed by atoms with Crippen LogP contribution in [-0.4, -0.2) is 22.4 Å². The lowest BCUT2D eigenvalue weighted by atomic mass is 10.0. The van der Waals surface area contributed by atoms with Gasteiger partial charge in [0.1, 0.15) is 5.75 Å². The summed E-state index contributed by atoms with van der Waals surface area (Å²) in [7, 11) is 0. The second kappa shape index (κ2) is 5.72. The van der Waals surface area contributed by atoms with Gasteiger partial charge in [0.2, 0.25) is 0 Å². The van der Waals surface area contributed by atoms with Crippen molar-refractivity contribution >= 4 is 17.5 Å². The van der Waals surface area contributed by atoms with E-state index in [1.807, 2.05) is 19.1 Å². The van der Waals surface area contributed by atoms with E-state index in [0.29, 0.717) is 11.4 Å². The maximum atomic E-state index is 12.5. The van der Waals surface area contributed by atoms with E-state index >= 15 is 0 Å². The molecule has 2 N–H and O–H groups in total. The lowest BCUT2D eigenvalue weighted by molar-refractivity contribution is -0.146. The standard InChI is InChI=1S/C17H17N3O3/c1-11-5-6-14-13(8-11)20-16(22)17(2,23-14)15(21)19-10-12-4-3-7-18-9-12/h3-9H,10H2,1-2H3,(H,19,21)(H,20,22)/t17-/m0/s1. The molecule has 2 aromatic rings. The van der Waals surface area contributed by atoms with Gasteiger partial charge in [0.15, 0.2) is 0 Å². The SMILES string of the molecule is Cc1ccc2c(c1)NC(=O)[C@](C)(C(=O)NCc1cccnc1)O2. The Morgan fingerprint density at radius 2 is 2.22 bits per heavy atom. The number of pyridine rings is 1. The smallest absolute Gasteiger partial charge is 0.278 e. The highest BCUT2D eigenvalue weighted by atomic mass is 16.5. The van der Waals surface area contributed by atoms with Crippen molar-refractivity contribution in [1.82, 2.24) is 10.3 Å². The molecule has 0 unspecified atom stereocenters. The number of carbonyl (C=O) groups is 2. The van der Waals surface area contributed by atoms with Crippen LogP contribution in [0.2, 0.25) is 0 Å². The molecule has 1 aromatic heterocycles. The van der Waals surface area contributed by atoms with E-state index < -0.39 is 17.4 Å². The Bertz CT molecular complexity index is 761. The fourth-order valence-corrected chi connectivity index (χ4v) is 2.34. The molecule has 0 bridgehead atoms. The quantitative estimate of drug-likeness (QED) is 0.847. The minimum absolute atomic E-state index is 0.277. The van der Waals surface area contributed by atoms with Gasteiger partial charge in [-0.15, -0.1) is 0 Å². The third-order valence-corrected chi connectivity index (χ3v) is 3.74. The fraction of sp³-hybridized carbons (Fsp3) is 0.235. The third kappa shape index (κ3) is 2.88. The van der Waals surface area contributed by atoms with Crippen LogP contribution in [0.4, 0.5) is 5.69 Å². The van der Waals surface area contributed by atoms with Gasteiger partial charge in [0.25, 0.3) is 17.4 Å². The van der Waals surface area contributed by atoms with E-state index in [9.17, 15) is 9.59 Å².